The molecule has 0 aliphatic rings. The predicted molar refractivity (Wildman–Crippen MR) is 88.0 cm³/mol. The van der Waals surface area contributed by atoms with E-state index in [1.165, 1.54) is 6.42 Å². The maximum absolute atomic E-state index is 8.90. The first-order valence-corrected chi connectivity index (χ1v) is 7.51. The molecule has 1 aromatic rings. The standard InChI is InChI=1S/C17H26N4/c1-13(2)8-9-14(3)21-17(19-4)20-12-16-7-5-6-15(10-16)11-18/h5-7,10,13-14H,8-9,12H2,1-4H3,(H2,19,20,21). The van der Waals surface area contributed by atoms with Gasteiger partial charge in [0.1, 0.15) is 0 Å². The summed E-state index contributed by atoms with van der Waals surface area (Å²) in [6.45, 7) is 7.31. The fourth-order valence-electron chi connectivity index (χ4n) is 2.02. The van der Waals surface area contributed by atoms with Crippen molar-refractivity contribution in [1.82, 2.24) is 10.6 Å². The highest BCUT2D eigenvalue weighted by molar-refractivity contribution is 5.79. The van der Waals surface area contributed by atoms with Crippen LogP contribution in [0.5, 0.6) is 0 Å². The van der Waals surface area contributed by atoms with Crippen molar-refractivity contribution in [2.24, 2.45) is 10.9 Å². The van der Waals surface area contributed by atoms with Crippen LogP contribution in [0.25, 0.3) is 0 Å². The molecule has 1 atom stereocenters. The molecule has 0 aliphatic carbocycles. The average molecular weight is 286 g/mol. The molecular weight excluding hydrogens is 260 g/mol. The molecule has 1 unspecified atom stereocenters. The Hall–Kier alpha value is -2.02. The minimum atomic E-state index is 0.393. The monoisotopic (exact) mass is 286 g/mol. The zero-order valence-corrected chi connectivity index (χ0v) is 13.5. The number of nitrogens with zero attached hydrogens (tertiary/aromatic N) is 2. The van der Waals surface area contributed by atoms with Crippen LogP contribution in [0.2, 0.25) is 0 Å². The number of aliphatic imine (C=N–C) groups is 1. The van der Waals surface area contributed by atoms with Crippen LogP contribution in [0.3, 0.4) is 0 Å². The summed E-state index contributed by atoms with van der Waals surface area (Å²) >= 11 is 0. The van der Waals surface area contributed by atoms with Crippen molar-refractivity contribution in [1.29, 1.82) is 5.26 Å². The fourth-order valence-corrected chi connectivity index (χ4v) is 2.02. The van der Waals surface area contributed by atoms with Crippen molar-refractivity contribution in [3.05, 3.63) is 35.4 Å². The summed E-state index contributed by atoms with van der Waals surface area (Å²) in [5.41, 5.74) is 1.76. The molecule has 21 heavy (non-hydrogen) atoms. The molecule has 0 bridgehead atoms. The molecule has 0 fully saturated rings. The molecule has 0 amide bonds. The second kappa shape index (κ2) is 9.02. The molecule has 0 aliphatic heterocycles. The average Bonchev–Trinajstić information content (AvgIpc) is 2.49. The first kappa shape index (κ1) is 17.0. The van der Waals surface area contributed by atoms with Crippen molar-refractivity contribution < 1.29 is 0 Å². The van der Waals surface area contributed by atoms with Gasteiger partial charge in [-0.25, -0.2) is 0 Å². The second-order valence-corrected chi connectivity index (χ2v) is 5.75. The zero-order valence-electron chi connectivity index (χ0n) is 13.5. The summed E-state index contributed by atoms with van der Waals surface area (Å²) in [4.78, 5) is 4.24. The van der Waals surface area contributed by atoms with Gasteiger partial charge in [-0.1, -0.05) is 26.0 Å². The third kappa shape index (κ3) is 6.80. The molecule has 4 nitrogen and oxygen atoms in total. The summed E-state index contributed by atoms with van der Waals surface area (Å²) in [5.74, 6) is 1.52. The van der Waals surface area contributed by atoms with E-state index < -0.39 is 0 Å². The van der Waals surface area contributed by atoms with E-state index in [0.29, 0.717) is 18.2 Å². The lowest BCUT2D eigenvalue weighted by molar-refractivity contribution is 0.489. The Balaban J connectivity index is 2.46. The molecule has 1 rings (SSSR count). The second-order valence-electron chi connectivity index (χ2n) is 5.75. The lowest BCUT2D eigenvalue weighted by Crippen LogP contribution is -2.41. The molecule has 114 valence electrons. The Morgan fingerprint density at radius 1 is 1.29 bits per heavy atom. The van der Waals surface area contributed by atoms with Crippen LogP contribution >= 0.6 is 0 Å². The lowest BCUT2D eigenvalue weighted by Gasteiger charge is -2.18. The minimum absolute atomic E-state index is 0.393. The van der Waals surface area contributed by atoms with Crippen LogP contribution in [0.4, 0.5) is 0 Å². The van der Waals surface area contributed by atoms with Crippen LogP contribution in [-0.2, 0) is 6.54 Å². The fraction of sp³-hybridized carbons (Fsp3) is 0.529. The van der Waals surface area contributed by atoms with E-state index in [1.807, 2.05) is 24.3 Å². The summed E-state index contributed by atoms with van der Waals surface area (Å²) in [6.07, 6.45) is 2.33. The molecule has 0 heterocycles. The van der Waals surface area contributed by atoms with Crippen molar-refractivity contribution >= 4 is 5.96 Å². The number of guanidine groups is 1. The quantitative estimate of drug-likeness (QED) is 0.624. The molecule has 0 aromatic heterocycles. The van der Waals surface area contributed by atoms with E-state index in [0.717, 1.165) is 23.9 Å². The molecule has 0 spiro atoms. The van der Waals surface area contributed by atoms with Crippen molar-refractivity contribution in [3.63, 3.8) is 0 Å². The van der Waals surface area contributed by atoms with Crippen molar-refractivity contribution in [2.45, 2.75) is 46.2 Å². The number of rotatable bonds is 6. The molecule has 0 saturated heterocycles. The normalized spacial score (nSPS) is 12.9. The molecule has 4 heteroatoms. The van der Waals surface area contributed by atoms with E-state index in [9.17, 15) is 0 Å². The summed E-state index contributed by atoms with van der Waals surface area (Å²) < 4.78 is 0. The van der Waals surface area contributed by atoms with Crippen molar-refractivity contribution in [3.8, 4) is 6.07 Å². The van der Waals surface area contributed by atoms with Gasteiger partial charge in [0, 0.05) is 19.6 Å². The van der Waals surface area contributed by atoms with Gasteiger partial charge in [0.2, 0.25) is 0 Å². The molecule has 1 aromatic carbocycles. The molecule has 0 saturated carbocycles. The maximum Gasteiger partial charge on any atom is 0.191 e. The smallest absolute Gasteiger partial charge is 0.191 e. The largest absolute Gasteiger partial charge is 0.354 e. The van der Waals surface area contributed by atoms with E-state index >= 15 is 0 Å². The van der Waals surface area contributed by atoms with Gasteiger partial charge in [-0.3, -0.25) is 4.99 Å². The lowest BCUT2D eigenvalue weighted by atomic mass is 10.0. The van der Waals surface area contributed by atoms with Crippen molar-refractivity contribution in [2.75, 3.05) is 7.05 Å². The number of nitriles is 1. The maximum atomic E-state index is 8.90. The van der Waals surface area contributed by atoms with E-state index in [-0.39, 0.29) is 0 Å². The summed E-state index contributed by atoms with van der Waals surface area (Å²) in [7, 11) is 1.77. The number of benzene rings is 1. The Morgan fingerprint density at radius 2 is 2.05 bits per heavy atom. The van der Waals surface area contributed by atoms with Gasteiger partial charge in [0.05, 0.1) is 11.6 Å². The van der Waals surface area contributed by atoms with E-state index in [2.05, 4.69) is 42.5 Å². The Bertz CT molecular complexity index is 500. The van der Waals surface area contributed by atoms with Gasteiger partial charge in [-0.2, -0.15) is 5.26 Å². The Morgan fingerprint density at radius 3 is 2.67 bits per heavy atom. The number of hydrogen-bond donors (Lipinski definition) is 2. The topological polar surface area (TPSA) is 60.2 Å². The predicted octanol–water partition coefficient (Wildman–Crippen LogP) is 3.05. The summed E-state index contributed by atoms with van der Waals surface area (Å²) in [6, 6.07) is 10.2. The van der Waals surface area contributed by atoms with Gasteiger partial charge < -0.3 is 10.6 Å². The minimum Gasteiger partial charge on any atom is -0.354 e. The van der Waals surface area contributed by atoms with Gasteiger partial charge in [0.25, 0.3) is 0 Å². The highest BCUT2D eigenvalue weighted by Gasteiger charge is 2.06. The molecular formula is C17H26N4. The van der Waals surface area contributed by atoms with Crippen LogP contribution < -0.4 is 10.6 Å². The van der Waals surface area contributed by atoms with Gasteiger partial charge in [-0.15, -0.1) is 0 Å². The Kier molecular flexibility index (Phi) is 7.31. The van der Waals surface area contributed by atoms with Crippen LogP contribution in [0.15, 0.2) is 29.3 Å². The van der Waals surface area contributed by atoms with Crippen LogP contribution in [0, 0.1) is 17.2 Å². The van der Waals surface area contributed by atoms with E-state index in [1.54, 1.807) is 7.05 Å². The van der Waals surface area contributed by atoms with Crippen LogP contribution in [-0.4, -0.2) is 19.0 Å². The van der Waals surface area contributed by atoms with Gasteiger partial charge >= 0.3 is 0 Å². The van der Waals surface area contributed by atoms with Gasteiger partial charge in [-0.05, 0) is 43.4 Å². The van der Waals surface area contributed by atoms with Gasteiger partial charge in [0.15, 0.2) is 5.96 Å². The highest BCUT2D eigenvalue weighted by Crippen LogP contribution is 2.06. The summed E-state index contributed by atoms with van der Waals surface area (Å²) in [5, 5.41) is 15.6. The Labute approximate surface area is 128 Å². The number of hydrogen-bond acceptors (Lipinski definition) is 2. The third-order valence-electron chi connectivity index (χ3n) is 3.30. The third-order valence-corrected chi connectivity index (χ3v) is 3.30. The highest BCUT2D eigenvalue weighted by atomic mass is 15.2. The first-order valence-electron chi connectivity index (χ1n) is 7.51. The molecule has 0 radical (unpaired) electrons. The first-order chi connectivity index (χ1) is 10.0. The molecule has 2 N–H and O–H groups in total. The van der Waals surface area contributed by atoms with E-state index in [4.69, 9.17) is 5.26 Å². The SMILES string of the molecule is CN=C(NCc1cccc(C#N)c1)NC(C)CCC(C)C. The number of nitrogens with one attached hydrogen (secondary N) is 2. The zero-order chi connectivity index (χ0) is 15.7. The van der Waals surface area contributed by atoms with Crippen LogP contribution in [0.1, 0.15) is 44.7 Å².